The van der Waals surface area contributed by atoms with E-state index in [9.17, 15) is 0 Å². The molecule has 1 saturated heterocycles. The summed E-state index contributed by atoms with van der Waals surface area (Å²) in [5.74, 6) is 3.05. The van der Waals surface area contributed by atoms with Gasteiger partial charge in [0.2, 0.25) is 5.95 Å². The Morgan fingerprint density at radius 3 is 2.38 bits per heavy atom. The van der Waals surface area contributed by atoms with Gasteiger partial charge in [0.05, 0.1) is 0 Å². The molecule has 2 aliphatic rings. The largest absolute Gasteiger partial charge is 0.486 e. The Morgan fingerprint density at radius 1 is 0.793 bits per heavy atom. The van der Waals surface area contributed by atoms with E-state index in [1.54, 1.807) is 6.20 Å². The van der Waals surface area contributed by atoms with Crippen molar-refractivity contribution in [3.63, 3.8) is 0 Å². The summed E-state index contributed by atoms with van der Waals surface area (Å²) < 4.78 is 11.2. The van der Waals surface area contributed by atoms with Gasteiger partial charge in [0.1, 0.15) is 19.0 Å². The first kappa shape index (κ1) is 17.6. The number of nitrogens with zero attached hydrogens (tertiary/aromatic N) is 4. The lowest BCUT2D eigenvalue weighted by atomic mass is 10.2. The van der Waals surface area contributed by atoms with Crippen LogP contribution in [0.5, 0.6) is 11.5 Å². The maximum atomic E-state index is 5.66. The minimum atomic E-state index is 0.572. The standard InChI is InChI=1S/C22H23N5O2/c1-2-4-18(5-3-1)26-10-12-27(13-11-26)22-23-9-8-21(25-22)24-17-6-7-19-20(16-17)29-15-14-28-19/h1-9,16H,10-15H2,(H,23,24,25). The second kappa shape index (κ2) is 7.87. The molecule has 1 fully saturated rings. The molecule has 29 heavy (non-hydrogen) atoms. The highest BCUT2D eigenvalue weighted by molar-refractivity contribution is 5.62. The van der Waals surface area contributed by atoms with Gasteiger partial charge in [-0.1, -0.05) is 18.2 Å². The molecular formula is C22H23N5O2. The highest BCUT2D eigenvalue weighted by Gasteiger charge is 2.19. The molecule has 2 aromatic carbocycles. The molecular weight excluding hydrogens is 366 g/mol. The SMILES string of the molecule is c1ccc(N2CCN(c3nccc(Nc4ccc5c(c4)OCCO5)n3)CC2)cc1. The molecule has 1 N–H and O–H groups in total. The first-order valence-electron chi connectivity index (χ1n) is 9.90. The molecule has 1 aromatic heterocycles. The van der Waals surface area contributed by atoms with Crippen LogP contribution in [0.25, 0.3) is 0 Å². The molecule has 0 spiro atoms. The van der Waals surface area contributed by atoms with E-state index in [0.717, 1.165) is 55.1 Å². The van der Waals surface area contributed by atoms with E-state index in [-0.39, 0.29) is 0 Å². The molecule has 7 nitrogen and oxygen atoms in total. The third-order valence-electron chi connectivity index (χ3n) is 5.14. The summed E-state index contributed by atoms with van der Waals surface area (Å²) in [6, 6.07) is 18.2. The van der Waals surface area contributed by atoms with Crippen LogP contribution >= 0.6 is 0 Å². The average Bonchev–Trinajstić information content (AvgIpc) is 2.80. The van der Waals surface area contributed by atoms with E-state index < -0.39 is 0 Å². The van der Waals surface area contributed by atoms with E-state index >= 15 is 0 Å². The molecule has 0 aliphatic carbocycles. The van der Waals surface area contributed by atoms with Gasteiger partial charge in [-0.15, -0.1) is 0 Å². The van der Waals surface area contributed by atoms with Crippen LogP contribution < -0.4 is 24.6 Å². The number of nitrogens with one attached hydrogen (secondary N) is 1. The lowest BCUT2D eigenvalue weighted by molar-refractivity contribution is 0.171. The fourth-order valence-electron chi connectivity index (χ4n) is 3.64. The second-order valence-corrected chi connectivity index (χ2v) is 7.03. The van der Waals surface area contributed by atoms with Crippen molar-refractivity contribution in [1.29, 1.82) is 0 Å². The highest BCUT2D eigenvalue weighted by Crippen LogP contribution is 2.33. The molecule has 7 heteroatoms. The third kappa shape index (κ3) is 3.89. The van der Waals surface area contributed by atoms with Crippen LogP contribution in [0.4, 0.5) is 23.1 Å². The number of hydrogen-bond acceptors (Lipinski definition) is 7. The Morgan fingerprint density at radius 2 is 1.55 bits per heavy atom. The molecule has 0 unspecified atom stereocenters. The molecule has 3 aromatic rings. The van der Waals surface area contributed by atoms with Crippen molar-refractivity contribution in [2.45, 2.75) is 0 Å². The van der Waals surface area contributed by atoms with Crippen LogP contribution in [0.15, 0.2) is 60.8 Å². The molecule has 0 amide bonds. The summed E-state index contributed by atoms with van der Waals surface area (Å²) in [6.07, 6.45) is 1.80. The normalized spacial score (nSPS) is 15.9. The van der Waals surface area contributed by atoms with Gasteiger partial charge >= 0.3 is 0 Å². The minimum Gasteiger partial charge on any atom is -0.486 e. The van der Waals surface area contributed by atoms with Gasteiger partial charge in [0.25, 0.3) is 0 Å². The number of benzene rings is 2. The number of rotatable bonds is 4. The molecule has 0 atom stereocenters. The van der Waals surface area contributed by atoms with Crippen LogP contribution in [-0.4, -0.2) is 49.4 Å². The monoisotopic (exact) mass is 389 g/mol. The smallest absolute Gasteiger partial charge is 0.227 e. The summed E-state index contributed by atoms with van der Waals surface area (Å²) in [5, 5.41) is 3.34. The van der Waals surface area contributed by atoms with E-state index in [1.807, 2.05) is 30.3 Å². The van der Waals surface area contributed by atoms with Crippen molar-refractivity contribution in [3.05, 3.63) is 60.8 Å². The van der Waals surface area contributed by atoms with Crippen LogP contribution in [0.3, 0.4) is 0 Å². The number of para-hydroxylation sites is 1. The molecule has 0 radical (unpaired) electrons. The van der Waals surface area contributed by atoms with Gasteiger partial charge < -0.3 is 24.6 Å². The topological polar surface area (TPSA) is 62.8 Å². The van der Waals surface area contributed by atoms with Crippen LogP contribution in [0, 0.1) is 0 Å². The van der Waals surface area contributed by atoms with Crippen molar-refractivity contribution in [1.82, 2.24) is 9.97 Å². The second-order valence-electron chi connectivity index (χ2n) is 7.03. The number of piperazine rings is 1. The fourth-order valence-corrected chi connectivity index (χ4v) is 3.64. The zero-order valence-electron chi connectivity index (χ0n) is 16.1. The zero-order valence-corrected chi connectivity index (χ0v) is 16.1. The predicted octanol–water partition coefficient (Wildman–Crippen LogP) is 3.32. The van der Waals surface area contributed by atoms with E-state index in [2.05, 4.69) is 44.4 Å². The minimum absolute atomic E-state index is 0.572. The number of hydrogen-bond donors (Lipinski definition) is 1. The third-order valence-corrected chi connectivity index (χ3v) is 5.14. The highest BCUT2D eigenvalue weighted by atomic mass is 16.6. The number of ether oxygens (including phenoxy) is 2. The maximum absolute atomic E-state index is 5.66. The van der Waals surface area contributed by atoms with Crippen LogP contribution in [-0.2, 0) is 0 Å². The number of fused-ring (bicyclic) bond motifs is 1. The molecule has 2 aliphatic heterocycles. The average molecular weight is 389 g/mol. The van der Waals surface area contributed by atoms with Crippen molar-refractivity contribution >= 4 is 23.1 Å². The summed E-state index contributed by atoms with van der Waals surface area (Å²) in [7, 11) is 0. The summed E-state index contributed by atoms with van der Waals surface area (Å²) in [5.41, 5.74) is 2.18. The summed E-state index contributed by atoms with van der Waals surface area (Å²) in [4.78, 5) is 13.8. The predicted molar refractivity (Wildman–Crippen MR) is 114 cm³/mol. The van der Waals surface area contributed by atoms with Gasteiger partial charge in [-0.05, 0) is 30.3 Å². The summed E-state index contributed by atoms with van der Waals surface area (Å²) >= 11 is 0. The Kier molecular flexibility index (Phi) is 4.78. The Balaban J connectivity index is 1.26. The van der Waals surface area contributed by atoms with Gasteiger partial charge in [0, 0.05) is 49.8 Å². The first-order valence-corrected chi connectivity index (χ1v) is 9.90. The summed E-state index contributed by atoms with van der Waals surface area (Å²) in [6.45, 7) is 4.85. The van der Waals surface area contributed by atoms with Crippen LogP contribution in [0.1, 0.15) is 0 Å². The molecule has 148 valence electrons. The van der Waals surface area contributed by atoms with Crippen molar-refractivity contribution in [2.24, 2.45) is 0 Å². The lowest BCUT2D eigenvalue weighted by Crippen LogP contribution is -2.47. The maximum Gasteiger partial charge on any atom is 0.227 e. The van der Waals surface area contributed by atoms with Gasteiger partial charge in [0.15, 0.2) is 11.5 Å². The van der Waals surface area contributed by atoms with E-state index in [0.29, 0.717) is 13.2 Å². The van der Waals surface area contributed by atoms with Gasteiger partial charge in [-0.2, -0.15) is 4.98 Å². The zero-order chi connectivity index (χ0) is 19.5. The number of anilines is 4. The van der Waals surface area contributed by atoms with Crippen molar-refractivity contribution in [3.8, 4) is 11.5 Å². The van der Waals surface area contributed by atoms with Crippen LogP contribution in [0.2, 0.25) is 0 Å². The Bertz CT molecular complexity index is 974. The molecule has 0 bridgehead atoms. The Hall–Kier alpha value is -3.48. The van der Waals surface area contributed by atoms with Crippen molar-refractivity contribution < 1.29 is 9.47 Å². The lowest BCUT2D eigenvalue weighted by Gasteiger charge is -2.36. The van der Waals surface area contributed by atoms with E-state index in [1.165, 1.54) is 5.69 Å². The molecule has 3 heterocycles. The van der Waals surface area contributed by atoms with Gasteiger partial charge in [-0.25, -0.2) is 4.98 Å². The van der Waals surface area contributed by atoms with Crippen molar-refractivity contribution in [2.75, 3.05) is 54.5 Å². The van der Waals surface area contributed by atoms with Gasteiger partial charge in [-0.3, -0.25) is 0 Å². The molecule has 0 saturated carbocycles. The molecule has 5 rings (SSSR count). The quantitative estimate of drug-likeness (QED) is 0.734. The van der Waals surface area contributed by atoms with E-state index in [4.69, 9.17) is 14.5 Å². The number of aromatic nitrogens is 2. The Labute approximate surface area is 169 Å². The first-order chi connectivity index (χ1) is 14.3. The fraction of sp³-hybridized carbons (Fsp3) is 0.273.